The topological polar surface area (TPSA) is 93.3 Å². The Kier molecular flexibility index (Phi) is 8.69. The molecule has 3 aromatic heterocycles. The second-order valence-corrected chi connectivity index (χ2v) is 9.59. The maximum absolute atomic E-state index is 12.5. The maximum Gasteiger partial charge on any atom is 0.455 e. The van der Waals surface area contributed by atoms with Gasteiger partial charge in [-0.15, -0.1) is 0 Å². The van der Waals surface area contributed by atoms with Crippen molar-refractivity contribution < 1.29 is 76.9 Å². The minimum Gasteiger partial charge on any atom is -0.506 e. The van der Waals surface area contributed by atoms with Crippen molar-refractivity contribution in [2.24, 2.45) is 0 Å². The minimum absolute atomic E-state index is 0. The van der Waals surface area contributed by atoms with Gasteiger partial charge in [-0.3, -0.25) is 14.8 Å². The molecular formula is C31H23EuF3N2O4. The number of fused-ring (bicyclic) bond motifs is 6. The fraction of sp³-hybridized carbons (Fsp3) is 0.161. The van der Waals surface area contributed by atoms with Crippen LogP contribution in [0.5, 0.6) is 5.75 Å². The third-order valence-corrected chi connectivity index (χ3v) is 6.91. The number of rotatable bonds is 1. The Labute approximate surface area is 272 Å². The van der Waals surface area contributed by atoms with Crippen LogP contribution >= 0.6 is 0 Å². The van der Waals surface area contributed by atoms with Crippen LogP contribution in [0.3, 0.4) is 0 Å². The summed E-state index contributed by atoms with van der Waals surface area (Å²) in [6.45, 7) is 8.29. The molecule has 0 atom stereocenters. The number of hydrogen-bond acceptors (Lipinski definition) is 6. The number of benzene rings is 3. The molecule has 0 aliphatic rings. The molecule has 0 unspecified atom stereocenters. The van der Waals surface area contributed by atoms with Gasteiger partial charge < -0.3 is 9.52 Å². The van der Waals surface area contributed by atoms with Gasteiger partial charge in [-0.05, 0) is 62.4 Å². The van der Waals surface area contributed by atoms with Gasteiger partial charge in [0.05, 0.1) is 16.4 Å². The first-order valence-electron chi connectivity index (χ1n) is 12.3. The van der Waals surface area contributed by atoms with Gasteiger partial charge in [0, 0.05) is 76.9 Å². The van der Waals surface area contributed by atoms with Gasteiger partial charge in [0.25, 0.3) is 5.78 Å². The Morgan fingerprint density at radius 3 is 1.83 bits per heavy atom. The molecular weight excluding hydrogens is 673 g/mol. The molecule has 0 bridgehead atoms. The number of halogens is 3. The van der Waals surface area contributed by atoms with Crippen molar-refractivity contribution in [2.45, 2.75) is 33.9 Å². The molecule has 6 rings (SSSR count). The van der Waals surface area contributed by atoms with E-state index in [0.29, 0.717) is 10.8 Å². The van der Waals surface area contributed by atoms with Gasteiger partial charge in [0.15, 0.2) is 5.56 Å². The van der Waals surface area contributed by atoms with Crippen LogP contribution in [0.1, 0.15) is 32.9 Å². The van der Waals surface area contributed by atoms with Gasteiger partial charge in [-0.2, -0.15) is 13.2 Å². The molecule has 6 aromatic rings. The number of carbonyl (C=O) groups is 1. The van der Waals surface area contributed by atoms with Crippen molar-refractivity contribution in [2.75, 3.05) is 0 Å². The minimum atomic E-state index is -5.28. The van der Waals surface area contributed by atoms with E-state index in [1.54, 1.807) is 30.3 Å². The first-order chi connectivity index (χ1) is 18.9. The van der Waals surface area contributed by atoms with Crippen LogP contribution in [0.2, 0.25) is 0 Å². The molecule has 0 amide bonds. The summed E-state index contributed by atoms with van der Waals surface area (Å²) in [7, 11) is 0. The fourth-order valence-corrected chi connectivity index (χ4v) is 4.52. The first kappa shape index (κ1) is 30.7. The summed E-state index contributed by atoms with van der Waals surface area (Å²) < 4.78 is 42.4. The number of aryl methyl sites for hydroxylation is 4. The molecule has 3 aromatic carbocycles. The smallest absolute Gasteiger partial charge is 0.455 e. The monoisotopic (exact) mass is 697 g/mol. The van der Waals surface area contributed by atoms with Crippen molar-refractivity contribution in [3.63, 3.8) is 0 Å². The predicted octanol–water partition coefficient (Wildman–Crippen LogP) is 7.41. The van der Waals surface area contributed by atoms with Crippen LogP contribution in [0, 0.1) is 77.1 Å². The zero-order chi connectivity index (χ0) is 28.9. The van der Waals surface area contributed by atoms with E-state index in [9.17, 15) is 27.9 Å². The zero-order valence-electron chi connectivity index (χ0n) is 22.4. The van der Waals surface area contributed by atoms with E-state index in [2.05, 4.69) is 52.0 Å². The van der Waals surface area contributed by atoms with Crippen LogP contribution in [-0.4, -0.2) is 27.0 Å². The van der Waals surface area contributed by atoms with Crippen LogP contribution in [0.15, 0.2) is 69.9 Å². The summed E-state index contributed by atoms with van der Waals surface area (Å²) in [4.78, 5) is 32.4. The second kappa shape index (κ2) is 11.6. The van der Waals surface area contributed by atoms with Crippen molar-refractivity contribution in [1.29, 1.82) is 0 Å². The van der Waals surface area contributed by atoms with Crippen molar-refractivity contribution in [3.05, 3.63) is 99.2 Å². The normalized spacial score (nSPS) is 11.4. The number of nitrogens with zero attached hydrogens (tertiary/aromatic N) is 2. The van der Waals surface area contributed by atoms with Gasteiger partial charge in [-0.25, -0.2) is 4.79 Å². The van der Waals surface area contributed by atoms with Crippen LogP contribution in [-0.2, 0) is 0 Å². The van der Waals surface area contributed by atoms with E-state index >= 15 is 0 Å². The third-order valence-electron chi connectivity index (χ3n) is 6.91. The van der Waals surface area contributed by atoms with Gasteiger partial charge >= 0.3 is 11.8 Å². The predicted molar refractivity (Wildman–Crippen MR) is 148 cm³/mol. The molecule has 209 valence electrons. The van der Waals surface area contributed by atoms with E-state index in [0.717, 1.165) is 22.4 Å². The summed E-state index contributed by atoms with van der Waals surface area (Å²) in [5.74, 6) is -3.46. The molecule has 41 heavy (non-hydrogen) atoms. The quantitative estimate of drug-likeness (QED) is 0.109. The maximum atomic E-state index is 12.5. The number of aromatic hydroxyl groups is 1. The van der Waals surface area contributed by atoms with E-state index in [1.807, 2.05) is 0 Å². The Balaban J connectivity index is 0.000000188. The van der Waals surface area contributed by atoms with Crippen molar-refractivity contribution in [1.82, 2.24) is 9.97 Å². The van der Waals surface area contributed by atoms with Crippen LogP contribution in [0.25, 0.3) is 43.5 Å². The third kappa shape index (κ3) is 5.78. The van der Waals surface area contributed by atoms with E-state index in [-0.39, 0.29) is 60.3 Å². The van der Waals surface area contributed by atoms with E-state index in [1.165, 1.54) is 28.0 Å². The van der Waals surface area contributed by atoms with Crippen LogP contribution < -0.4 is 5.63 Å². The number of Topliss-reactive ketones (excluding diaryl/α,β-unsaturated/α-hetero) is 1. The SMILES string of the molecule is Cc1cc2ccc3cc(C)c(C)nc3c2nc1C.O=C(c1c(O)c2ccc3ccccc3c2oc1=O)C(F)(F)F.[Eu]. The second-order valence-electron chi connectivity index (χ2n) is 9.59. The molecule has 0 fully saturated rings. The molecule has 6 nitrogen and oxygen atoms in total. The Morgan fingerprint density at radius 1 is 0.780 bits per heavy atom. The number of hydrogen-bond donors (Lipinski definition) is 1. The molecule has 0 aliphatic carbocycles. The Bertz CT molecular complexity index is 1990. The zero-order valence-corrected chi connectivity index (χ0v) is 24.8. The summed E-state index contributed by atoms with van der Waals surface area (Å²) in [6, 6.07) is 18.2. The molecule has 1 N–H and O–H groups in total. The molecule has 0 saturated heterocycles. The molecule has 3 heterocycles. The molecule has 1 radical (unpaired) electrons. The van der Waals surface area contributed by atoms with Gasteiger partial charge in [0.1, 0.15) is 11.3 Å². The van der Waals surface area contributed by atoms with Crippen molar-refractivity contribution >= 4 is 49.3 Å². The number of pyridine rings is 2. The molecule has 0 spiro atoms. The summed E-state index contributed by atoms with van der Waals surface area (Å²) in [6.07, 6.45) is -5.28. The standard InChI is InChI=1S/C16H16N2.C15H7F3O4.Eu/c1-9-7-13-5-6-14-8-10(2)12(4)18-16(14)15(13)17-11(9)3;16-15(17,18)13(20)10-11(19)9-6-5-7-3-1-2-4-8(7)12(9)22-14(10)21;/h5-8H,1-4H3;1-6,19H;. The number of ketones is 1. The van der Waals surface area contributed by atoms with E-state index in [4.69, 9.17) is 14.4 Å². The first-order valence-corrected chi connectivity index (χ1v) is 12.3. The molecule has 0 saturated carbocycles. The fourth-order valence-electron chi connectivity index (χ4n) is 4.52. The molecule has 0 aliphatic heterocycles. The number of carbonyl (C=O) groups excluding carboxylic acids is 1. The summed E-state index contributed by atoms with van der Waals surface area (Å²) in [5.41, 5.74) is 3.64. The van der Waals surface area contributed by atoms with E-state index < -0.39 is 28.9 Å². The summed E-state index contributed by atoms with van der Waals surface area (Å²) >= 11 is 0. The molecule has 10 heteroatoms. The average Bonchev–Trinajstić information content (AvgIpc) is 2.90. The number of alkyl halides is 3. The Hall–Kier alpha value is -3.21. The van der Waals surface area contributed by atoms with Crippen molar-refractivity contribution in [3.8, 4) is 5.75 Å². The van der Waals surface area contributed by atoms with Crippen LogP contribution in [0.4, 0.5) is 13.2 Å². The average molecular weight is 696 g/mol. The number of aromatic nitrogens is 2. The van der Waals surface area contributed by atoms with Gasteiger partial charge in [-0.1, -0.05) is 42.5 Å². The Morgan fingerprint density at radius 2 is 1.29 bits per heavy atom. The largest absolute Gasteiger partial charge is 0.506 e. The van der Waals surface area contributed by atoms with Gasteiger partial charge in [0.2, 0.25) is 0 Å². The summed E-state index contributed by atoms with van der Waals surface area (Å²) in [5, 5.41) is 13.3.